The number of amides is 1. The zero-order valence-corrected chi connectivity index (χ0v) is 24.7. The lowest BCUT2D eigenvalue weighted by atomic mass is 9.95. The van der Waals surface area contributed by atoms with Gasteiger partial charge in [0.05, 0.1) is 35.3 Å². The number of hydrogen-bond donors (Lipinski definition) is 0. The lowest BCUT2D eigenvalue weighted by molar-refractivity contribution is -0.130. The number of halogens is 1. The molecule has 3 atom stereocenters. The summed E-state index contributed by atoms with van der Waals surface area (Å²) in [6.45, 7) is 11.2. The molecule has 11 heteroatoms. The number of fused-ring (bicyclic) bond motifs is 1. The first-order valence-corrected chi connectivity index (χ1v) is 14.7. The van der Waals surface area contributed by atoms with E-state index in [2.05, 4.69) is 27.6 Å². The monoisotopic (exact) mass is 576 g/mol. The van der Waals surface area contributed by atoms with Gasteiger partial charge in [-0.1, -0.05) is 6.58 Å². The van der Waals surface area contributed by atoms with Gasteiger partial charge in [0, 0.05) is 66.5 Å². The fourth-order valence-electron chi connectivity index (χ4n) is 6.61. The molecule has 2 aliphatic rings. The van der Waals surface area contributed by atoms with Crippen molar-refractivity contribution in [1.29, 1.82) is 0 Å². The maximum absolute atomic E-state index is 14.8. The third-order valence-corrected chi connectivity index (χ3v) is 9.49. The van der Waals surface area contributed by atoms with Gasteiger partial charge in [0.2, 0.25) is 5.91 Å². The van der Waals surface area contributed by atoms with E-state index in [0.29, 0.717) is 42.2 Å². The second kappa shape index (κ2) is 10.3. The van der Waals surface area contributed by atoms with E-state index in [4.69, 9.17) is 4.74 Å². The van der Waals surface area contributed by atoms with Gasteiger partial charge in [-0.3, -0.25) is 14.0 Å². The number of thioether (sulfide) groups is 1. The molecule has 4 heterocycles. The maximum atomic E-state index is 14.8. The molecule has 0 radical (unpaired) electrons. The summed E-state index contributed by atoms with van der Waals surface area (Å²) in [5.74, 6) is 0.830. The summed E-state index contributed by atoms with van der Waals surface area (Å²) < 4.78 is 23.7. The van der Waals surface area contributed by atoms with Crippen LogP contribution in [-0.2, 0) is 16.6 Å². The normalized spacial score (nSPS) is 20.7. The Labute approximate surface area is 241 Å². The largest absolute Gasteiger partial charge is 0.383 e. The molecule has 0 unspecified atom stereocenters. The van der Waals surface area contributed by atoms with Crippen LogP contribution in [0.2, 0.25) is 0 Å². The third kappa shape index (κ3) is 4.25. The fourth-order valence-corrected chi connectivity index (χ4v) is 7.97. The molecule has 0 bridgehead atoms. The Balaban J connectivity index is 1.61. The summed E-state index contributed by atoms with van der Waals surface area (Å²) >= 11 is 1.69. The van der Waals surface area contributed by atoms with Gasteiger partial charge < -0.3 is 14.5 Å². The van der Waals surface area contributed by atoms with E-state index >= 15 is 0 Å². The molecule has 0 aliphatic carbocycles. The average molecular weight is 577 g/mol. The molecule has 2 aliphatic heterocycles. The number of piperazine rings is 1. The van der Waals surface area contributed by atoms with Crippen molar-refractivity contribution in [3.05, 3.63) is 58.9 Å². The number of carbonyl (C=O) groups excluding carboxylic acids is 1. The van der Waals surface area contributed by atoms with E-state index in [9.17, 15) is 14.0 Å². The minimum atomic E-state index is -0.333. The van der Waals surface area contributed by atoms with Gasteiger partial charge in [0.1, 0.15) is 11.6 Å². The number of methoxy groups -OCH3 is 1. The molecule has 41 heavy (non-hydrogen) atoms. The molecule has 1 saturated heterocycles. The van der Waals surface area contributed by atoms with Crippen molar-refractivity contribution in [3.63, 3.8) is 0 Å². The molecule has 9 nitrogen and oxygen atoms in total. The summed E-state index contributed by atoms with van der Waals surface area (Å²) in [6, 6.07) is 5.00. The highest BCUT2D eigenvalue weighted by Gasteiger charge is 2.35. The van der Waals surface area contributed by atoms with Crippen LogP contribution in [0, 0.1) is 12.7 Å². The van der Waals surface area contributed by atoms with Gasteiger partial charge >= 0.3 is 5.69 Å². The first-order chi connectivity index (χ1) is 19.7. The number of carbonyl (C=O) groups is 1. The molecule has 0 spiro atoms. The Morgan fingerprint density at radius 1 is 1.22 bits per heavy atom. The van der Waals surface area contributed by atoms with Crippen molar-refractivity contribution < 1.29 is 13.9 Å². The molecule has 4 aromatic rings. The average Bonchev–Trinajstić information content (AvgIpc) is 3.33. The Morgan fingerprint density at radius 3 is 2.63 bits per heavy atom. The second-order valence-electron chi connectivity index (χ2n) is 11.0. The van der Waals surface area contributed by atoms with E-state index in [1.807, 2.05) is 32.7 Å². The number of aromatic nitrogens is 4. The molecule has 0 N–H and O–H groups in total. The number of ether oxygens (including phenoxy) is 1. The molecular formula is C30H33FN6O3S. The fraction of sp³-hybridized carbons (Fsp3) is 0.400. The number of hydrogen-bond acceptors (Lipinski definition) is 7. The van der Waals surface area contributed by atoms with Gasteiger partial charge in [-0.25, -0.2) is 9.18 Å². The molecule has 6 rings (SSSR count). The van der Waals surface area contributed by atoms with Crippen molar-refractivity contribution in [3.8, 4) is 11.1 Å². The summed E-state index contributed by atoms with van der Waals surface area (Å²) in [5, 5.41) is 5.67. The molecule has 2 aromatic carbocycles. The zero-order valence-electron chi connectivity index (χ0n) is 23.8. The summed E-state index contributed by atoms with van der Waals surface area (Å²) in [5.41, 5.74) is 4.00. The van der Waals surface area contributed by atoms with Crippen LogP contribution in [0.25, 0.3) is 32.9 Å². The predicted molar refractivity (Wildman–Crippen MR) is 160 cm³/mol. The van der Waals surface area contributed by atoms with Gasteiger partial charge in [0.25, 0.3) is 0 Å². The van der Waals surface area contributed by atoms with Crippen LogP contribution < -0.4 is 10.6 Å². The SMILES string of the molecule is C=CC(=O)N1[C@H](C)CN(c2nc(=O)n3c4c(c(-c5ccc(F)c6cnn(C)c56)c(C)cc24)SC[C@@H]3COC)C[C@@H]1C. The van der Waals surface area contributed by atoms with Crippen LogP contribution in [-0.4, -0.2) is 74.8 Å². The van der Waals surface area contributed by atoms with Crippen LogP contribution >= 0.6 is 11.8 Å². The molecule has 214 valence electrons. The van der Waals surface area contributed by atoms with Crippen molar-refractivity contribution in [2.24, 2.45) is 7.05 Å². The Bertz CT molecular complexity index is 1770. The lowest BCUT2D eigenvalue weighted by Gasteiger charge is -2.45. The smallest absolute Gasteiger partial charge is 0.350 e. The van der Waals surface area contributed by atoms with Crippen molar-refractivity contribution in [1.82, 2.24) is 24.2 Å². The summed E-state index contributed by atoms with van der Waals surface area (Å²) in [6.07, 6.45) is 2.90. The topological polar surface area (TPSA) is 85.5 Å². The van der Waals surface area contributed by atoms with Gasteiger partial charge in [-0.2, -0.15) is 10.1 Å². The molecule has 2 aromatic heterocycles. The molecular weight excluding hydrogens is 543 g/mol. The van der Waals surface area contributed by atoms with Gasteiger partial charge in [-0.15, -0.1) is 11.8 Å². The quantitative estimate of drug-likeness (QED) is 0.328. The Hall–Kier alpha value is -3.70. The number of nitrogens with zero attached hydrogens (tertiary/aromatic N) is 6. The summed E-state index contributed by atoms with van der Waals surface area (Å²) in [4.78, 5) is 35.9. The third-order valence-electron chi connectivity index (χ3n) is 8.25. The van der Waals surface area contributed by atoms with Crippen LogP contribution in [0.1, 0.15) is 25.5 Å². The lowest BCUT2D eigenvalue weighted by Crippen LogP contribution is -2.58. The second-order valence-corrected chi connectivity index (χ2v) is 12.0. The molecule has 1 amide bonds. The zero-order chi connectivity index (χ0) is 29.2. The van der Waals surface area contributed by atoms with Crippen LogP contribution in [0.15, 0.2) is 46.7 Å². The van der Waals surface area contributed by atoms with Gasteiger partial charge in [0.15, 0.2) is 0 Å². The van der Waals surface area contributed by atoms with Crippen molar-refractivity contribution in [2.75, 3.05) is 37.5 Å². The highest BCUT2D eigenvalue weighted by atomic mass is 32.2. The van der Waals surface area contributed by atoms with Crippen LogP contribution in [0.3, 0.4) is 0 Å². The van der Waals surface area contributed by atoms with E-state index in [0.717, 1.165) is 32.5 Å². The van der Waals surface area contributed by atoms with Gasteiger partial charge in [-0.05, 0) is 50.6 Å². The molecule has 0 saturated carbocycles. The Kier molecular flexibility index (Phi) is 6.89. The number of aryl methyl sites for hydroxylation is 2. The number of anilines is 1. The summed E-state index contributed by atoms with van der Waals surface area (Å²) in [7, 11) is 3.45. The van der Waals surface area contributed by atoms with Crippen LogP contribution in [0.5, 0.6) is 0 Å². The number of benzene rings is 2. The van der Waals surface area contributed by atoms with E-state index in [1.165, 1.54) is 12.1 Å². The minimum Gasteiger partial charge on any atom is -0.383 e. The van der Waals surface area contributed by atoms with Crippen molar-refractivity contribution >= 4 is 45.3 Å². The van der Waals surface area contributed by atoms with E-state index < -0.39 is 0 Å². The molecule has 1 fully saturated rings. The predicted octanol–water partition coefficient (Wildman–Crippen LogP) is 4.30. The highest BCUT2D eigenvalue weighted by molar-refractivity contribution is 7.99. The standard InChI is InChI=1S/C30H33FN6O3S/c1-7-24(38)36-17(3)12-35(13-18(36)4)29-21-10-16(2)25(20-8-9-23(31)22-11-32-34(5)26(20)22)28-27(21)37(30(39)33-29)19(14-40-6)15-41-28/h7-11,17-19H,1,12-15H2,2-6H3/t17-,18+,19-/m0/s1. The van der Waals surface area contributed by atoms with Crippen molar-refractivity contribution in [2.45, 2.75) is 43.8 Å². The minimum absolute atomic E-state index is 0.0933. The first-order valence-electron chi connectivity index (χ1n) is 13.7. The highest BCUT2D eigenvalue weighted by Crippen LogP contribution is 2.47. The van der Waals surface area contributed by atoms with Crippen LogP contribution in [0.4, 0.5) is 10.2 Å². The van der Waals surface area contributed by atoms with E-state index in [1.54, 1.807) is 40.4 Å². The Morgan fingerprint density at radius 2 is 1.95 bits per heavy atom. The number of rotatable bonds is 5. The maximum Gasteiger partial charge on any atom is 0.350 e. The first kappa shape index (κ1) is 27.5. The van der Waals surface area contributed by atoms with E-state index in [-0.39, 0.29) is 35.5 Å².